The number of halogens is 2. The molecule has 0 bridgehead atoms. The van der Waals surface area contributed by atoms with E-state index in [1.54, 1.807) is 18.2 Å². The first-order valence-corrected chi connectivity index (χ1v) is 14.1. The molecule has 5 rings (SSSR count). The fraction of sp³-hybridized carbons (Fsp3) is 0.188. The van der Waals surface area contributed by atoms with Crippen molar-refractivity contribution in [3.05, 3.63) is 102 Å². The quantitative estimate of drug-likeness (QED) is 0.0726. The second kappa shape index (κ2) is 13.3. The van der Waals surface area contributed by atoms with Gasteiger partial charge in [-0.05, 0) is 54.8 Å². The number of H-pyrrole nitrogens is 1. The highest BCUT2D eigenvalue weighted by Crippen LogP contribution is 2.32. The summed E-state index contributed by atoms with van der Waals surface area (Å²) in [6, 6.07) is 24.1. The lowest BCUT2D eigenvalue weighted by Crippen LogP contribution is -2.46. The molecule has 2 aromatic heterocycles. The number of carbonyl (C=O) groups excluding carboxylic acids is 2. The van der Waals surface area contributed by atoms with Crippen molar-refractivity contribution in [1.82, 2.24) is 20.6 Å². The zero-order valence-electron chi connectivity index (χ0n) is 22.7. The number of nitrogens with zero attached hydrogens (tertiary/aromatic N) is 2. The van der Waals surface area contributed by atoms with Crippen molar-refractivity contribution in [2.45, 2.75) is 25.4 Å². The summed E-state index contributed by atoms with van der Waals surface area (Å²) in [7, 11) is 0. The molecule has 42 heavy (non-hydrogen) atoms. The molecule has 5 aromatic rings. The second-order valence-corrected chi connectivity index (χ2v) is 10.1. The van der Waals surface area contributed by atoms with Crippen LogP contribution < -0.4 is 16.4 Å². The van der Waals surface area contributed by atoms with Crippen molar-refractivity contribution in [3.63, 3.8) is 0 Å². The fourth-order valence-corrected chi connectivity index (χ4v) is 4.83. The molecule has 2 amide bonds. The number of amidine groups is 1. The molecule has 0 aliphatic heterocycles. The van der Waals surface area contributed by atoms with Crippen LogP contribution in [0.5, 0.6) is 0 Å². The predicted octanol–water partition coefficient (Wildman–Crippen LogP) is 5.31. The number of nitrogens with one attached hydrogen (secondary N) is 3. The maximum absolute atomic E-state index is 13.7. The summed E-state index contributed by atoms with van der Waals surface area (Å²) in [5.74, 6) is -0.768. The van der Waals surface area contributed by atoms with Gasteiger partial charge < -0.3 is 21.4 Å². The van der Waals surface area contributed by atoms with Gasteiger partial charge in [-0.3, -0.25) is 14.6 Å². The maximum atomic E-state index is 13.7. The number of rotatable bonds is 11. The monoisotopic (exact) mass is 584 g/mol. The Kier molecular flexibility index (Phi) is 9.08. The number of aromatic nitrogens is 2. The lowest BCUT2D eigenvalue weighted by molar-refractivity contribution is -0.123. The molecular formula is C32H30ClFN6O2. The Bertz CT molecular complexity index is 1740. The van der Waals surface area contributed by atoms with Crippen LogP contribution in [0.25, 0.3) is 33.1 Å². The average Bonchev–Trinajstić information content (AvgIpc) is 3.40. The SMILES string of the molecule is NC(CCl)=NCCC[C@H](NC(=O)c1cc2c([nH]c3ccccc32)c(-c2ccc(F)cc2)n1)C(=O)NCc1ccccc1. The average molecular weight is 585 g/mol. The molecule has 0 unspecified atom stereocenters. The number of nitrogens with two attached hydrogens (primary N) is 1. The maximum Gasteiger partial charge on any atom is 0.270 e. The summed E-state index contributed by atoms with van der Waals surface area (Å²) in [4.78, 5) is 39.2. The van der Waals surface area contributed by atoms with Crippen molar-refractivity contribution in [3.8, 4) is 11.3 Å². The number of para-hydroxylation sites is 1. The van der Waals surface area contributed by atoms with Gasteiger partial charge in [0.15, 0.2) is 0 Å². The summed E-state index contributed by atoms with van der Waals surface area (Å²) in [6.07, 6.45) is 0.822. The van der Waals surface area contributed by atoms with E-state index in [9.17, 15) is 14.0 Å². The molecule has 0 saturated carbocycles. The van der Waals surface area contributed by atoms with Crippen molar-refractivity contribution in [2.75, 3.05) is 12.4 Å². The lowest BCUT2D eigenvalue weighted by Gasteiger charge is -2.18. The fourth-order valence-electron chi connectivity index (χ4n) is 4.75. The van der Waals surface area contributed by atoms with E-state index in [-0.39, 0.29) is 23.3 Å². The van der Waals surface area contributed by atoms with Crippen LogP contribution in [-0.2, 0) is 11.3 Å². The number of hydrogen-bond donors (Lipinski definition) is 4. The minimum atomic E-state index is -0.844. The van der Waals surface area contributed by atoms with Crippen LogP contribution in [-0.4, -0.2) is 46.1 Å². The molecule has 3 aromatic carbocycles. The smallest absolute Gasteiger partial charge is 0.270 e. The summed E-state index contributed by atoms with van der Waals surface area (Å²) in [6.45, 7) is 0.683. The first kappa shape index (κ1) is 28.8. The number of hydrogen-bond acceptors (Lipinski definition) is 4. The number of alkyl halides is 1. The zero-order valence-corrected chi connectivity index (χ0v) is 23.5. The Labute approximate surface area is 247 Å². The van der Waals surface area contributed by atoms with E-state index >= 15 is 0 Å². The predicted molar refractivity (Wildman–Crippen MR) is 165 cm³/mol. The molecule has 10 heteroatoms. The van der Waals surface area contributed by atoms with Gasteiger partial charge in [-0.25, -0.2) is 9.37 Å². The summed E-state index contributed by atoms with van der Waals surface area (Å²) in [5, 5.41) is 7.50. The van der Waals surface area contributed by atoms with Gasteiger partial charge in [0.05, 0.1) is 17.1 Å². The van der Waals surface area contributed by atoms with Crippen LogP contribution >= 0.6 is 11.6 Å². The molecule has 0 spiro atoms. The molecule has 0 aliphatic rings. The molecule has 0 radical (unpaired) electrons. The summed E-state index contributed by atoms with van der Waals surface area (Å²) >= 11 is 5.71. The molecule has 8 nitrogen and oxygen atoms in total. The number of amides is 2. The van der Waals surface area contributed by atoms with Crippen LogP contribution in [0, 0.1) is 5.82 Å². The summed E-state index contributed by atoms with van der Waals surface area (Å²) in [5.41, 5.74) is 9.53. The van der Waals surface area contributed by atoms with Crippen LogP contribution in [0.3, 0.4) is 0 Å². The number of aromatic amines is 1. The van der Waals surface area contributed by atoms with Gasteiger partial charge in [0.1, 0.15) is 23.4 Å². The molecule has 5 N–H and O–H groups in total. The third-order valence-electron chi connectivity index (χ3n) is 6.88. The van der Waals surface area contributed by atoms with Gasteiger partial charge in [0.25, 0.3) is 5.91 Å². The molecular weight excluding hydrogens is 555 g/mol. The van der Waals surface area contributed by atoms with Gasteiger partial charge >= 0.3 is 0 Å². The van der Waals surface area contributed by atoms with Crippen molar-refractivity contribution < 1.29 is 14.0 Å². The van der Waals surface area contributed by atoms with Gasteiger partial charge in [-0.15, -0.1) is 11.6 Å². The van der Waals surface area contributed by atoms with Gasteiger partial charge in [0.2, 0.25) is 5.91 Å². The van der Waals surface area contributed by atoms with Crippen molar-refractivity contribution in [1.29, 1.82) is 0 Å². The van der Waals surface area contributed by atoms with E-state index in [1.165, 1.54) is 12.1 Å². The first-order valence-electron chi connectivity index (χ1n) is 13.6. The van der Waals surface area contributed by atoms with Gasteiger partial charge in [0, 0.05) is 34.9 Å². The molecule has 214 valence electrons. The Hall–Kier alpha value is -4.76. The number of fused-ring (bicyclic) bond motifs is 3. The molecule has 0 fully saturated rings. The standard InChI is InChI=1S/C32H30ClFN6O2/c33-18-28(35)36-16-6-11-26(31(41)37-19-20-7-2-1-3-8-20)40-32(42)27-17-24-23-9-4-5-10-25(23)38-30(24)29(39-27)21-12-14-22(34)15-13-21/h1-5,7-10,12-15,17,26,38H,6,11,16,18-19H2,(H2,35,36)(H,37,41)(H,40,42)/t26-/m0/s1. The number of carbonyl (C=O) groups is 2. The molecule has 0 aliphatic carbocycles. The third kappa shape index (κ3) is 6.75. The third-order valence-corrected chi connectivity index (χ3v) is 7.15. The van der Waals surface area contributed by atoms with E-state index < -0.39 is 11.9 Å². The minimum Gasteiger partial charge on any atom is -0.386 e. The van der Waals surface area contributed by atoms with Crippen molar-refractivity contribution >= 4 is 51.1 Å². The van der Waals surface area contributed by atoms with Crippen LogP contribution in [0.1, 0.15) is 28.9 Å². The topological polar surface area (TPSA) is 125 Å². The van der Waals surface area contributed by atoms with Gasteiger partial charge in [-0.1, -0.05) is 48.5 Å². The van der Waals surface area contributed by atoms with E-state index in [4.69, 9.17) is 17.3 Å². The number of benzene rings is 3. The zero-order chi connectivity index (χ0) is 29.5. The minimum absolute atomic E-state index is 0.121. The second-order valence-electron chi connectivity index (χ2n) is 9.83. The Balaban J connectivity index is 1.45. The van der Waals surface area contributed by atoms with E-state index in [2.05, 4.69) is 25.6 Å². The normalized spacial score (nSPS) is 12.4. The van der Waals surface area contributed by atoms with E-state index in [0.717, 1.165) is 27.4 Å². The highest BCUT2D eigenvalue weighted by molar-refractivity contribution is 6.28. The van der Waals surface area contributed by atoms with Crippen LogP contribution in [0.15, 0.2) is 89.9 Å². The first-order chi connectivity index (χ1) is 20.4. The number of pyridine rings is 1. The largest absolute Gasteiger partial charge is 0.386 e. The highest BCUT2D eigenvalue weighted by atomic mass is 35.5. The van der Waals surface area contributed by atoms with E-state index in [1.807, 2.05) is 54.6 Å². The lowest BCUT2D eigenvalue weighted by atomic mass is 10.1. The molecule has 1 atom stereocenters. The van der Waals surface area contributed by atoms with Crippen LogP contribution in [0.2, 0.25) is 0 Å². The highest BCUT2D eigenvalue weighted by Gasteiger charge is 2.23. The summed E-state index contributed by atoms with van der Waals surface area (Å²) < 4.78 is 13.7. The van der Waals surface area contributed by atoms with Gasteiger partial charge in [-0.2, -0.15) is 0 Å². The van der Waals surface area contributed by atoms with Crippen LogP contribution in [0.4, 0.5) is 4.39 Å². The Morgan fingerprint density at radius 2 is 1.74 bits per heavy atom. The molecule has 0 saturated heterocycles. The van der Waals surface area contributed by atoms with E-state index in [0.29, 0.717) is 43.0 Å². The Morgan fingerprint density at radius 3 is 2.50 bits per heavy atom. The molecule has 2 heterocycles. The Morgan fingerprint density at radius 1 is 1.00 bits per heavy atom. The number of aliphatic imine (C=N–C) groups is 1. The van der Waals surface area contributed by atoms with Crippen molar-refractivity contribution in [2.24, 2.45) is 10.7 Å².